The van der Waals surface area contributed by atoms with Gasteiger partial charge in [0.15, 0.2) is 11.5 Å². The lowest BCUT2D eigenvalue weighted by atomic mass is 9.75. The van der Waals surface area contributed by atoms with Crippen LogP contribution in [0.2, 0.25) is 0 Å². The quantitative estimate of drug-likeness (QED) is 0.562. The van der Waals surface area contributed by atoms with Crippen LogP contribution in [-0.2, 0) is 6.42 Å². The number of aryl methyl sites for hydroxylation is 1. The summed E-state index contributed by atoms with van der Waals surface area (Å²) < 4.78 is 10.8. The summed E-state index contributed by atoms with van der Waals surface area (Å²) >= 11 is 0. The monoisotopic (exact) mass is 429 g/mol. The average molecular weight is 429 g/mol. The number of rotatable bonds is 5. The van der Waals surface area contributed by atoms with E-state index < -0.39 is 23.6 Å². The van der Waals surface area contributed by atoms with Crippen molar-refractivity contribution in [2.45, 2.75) is 51.1 Å². The van der Waals surface area contributed by atoms with Crippen LogP contribution in [-0.4, -0.2) is 46.9 Å². The fourth-order valence-corrected chi connectivity index (χ4v) is 4.26. The Morgan fingerprint density at radius 1 is 1.23 bits per heavy atom. The van der Waals surface area contributed by atoms with Crippen LogP contribution in [0.1, 0.15) is 49.8 Å². The highest BCUT2D eigenvalue weighted by atomic mass is 16.6. The van der Waals surface area contributed by atoms with Gasteiger partial charge in [-0.2, -0.15) is 0 Å². The van der Waals surface area contributed by atoms with E-state index in [2.05, 4.69) is 4.98 Å². The predicted octanol–water partition coefficient (Wildman–Crippen LogP) is 4.11. The van der Waals surface area contributed by atoms with Crippen LogP contribution in [0.5, 0.6) is 11.5 Å². The van der Waals surface area contributed by atoms with Crippen molar-refractivity contribution < 1.29 is 24.3 Å². The first-order valence-corrected chi connectivity index (χ1v) is 9.96. The largest absolute Gasteiger partial charge is 0.493 e. The molecule has 1 aromatic carbocycles. The molecule has 1 aliphatic carbocycles. The van der Waals surface area contributed by atoms with Gasteiger partial charge in [-0.05, 0) is 56.5 Å². The Labute approximate surface area is 180 Å². The molecule has 1 heterocycles. The van der Waals surface area contributed by atoms with Crippen molar-refractivity contribution in [1.29, 1.82) is 0 Å². The van der Waals surface area contributed by atoms with Crippen molar-refractivity contribution in [2.24, 2.45) is 0 Å². The zero-order valence-corrected chi connectivity index (χ0v) is 18.3. The van der Waals surface area contributed by atoms with Crippen molar-refractivity contribution in [3.8, 4) is 11.5 Å². The number of nitrogens with zero attached hydrogens (tertiary/aromatic N) is 3. The Hall–Kier alpha value is -3.36. The smallest absolute Gasteiger partial charge is 0.413 e. The number of hydrogen-bond acceptors (Lipinski definition) is 6. The van der Waals surface area contributed by atoms with Crippen LogP contribution in [0.25, 0.3) is 0 Å². The number of carbonyl (C=O) groups is 1. The first-order valence-electron chi connectivity index (χ1n) is 9.96. The minimum Gasteiger partial charge on any atom is -0.493 e. The Bertz CT molecular complexity index is 1000. The molecule has 9 nitrogen and oxygen atoms in total. The maximum atomic E-state index is 12.1. The zero-order valence-electron chi connectivity index (χ0n) is 18.3. The number of aromatic nitrogens is 1. The SMILES string of the molecule is COc1cc2c(cc1OC)C(c1cccnc1N(C(=O)O)C(C)(C)C)C([N+](=O)[O-])CC2. The second kappa shape index (κ2) is 8.41. The molecule has 2 atom stereocenters. The van der Waals surface area contributed by atoms with Gasteiger partial charge in [0.2, 0.25) is 6.04 Å². The zero-order chi connectivity index (χ0) is 22.9. The number of carboxylic acid groups (broad SMARTS) is 1. The number of anilines is 1. The highest BCUT2D eigenvalue weighted by molar-refractivity contribution is 5.87. The van der Waals surface area contributed by atoms with E-state index >= 15 is 0 Å². The third kappa shape index (κ3) is 4.12. The topological polar surface area (TPSA) is 115 Å². The normalized spacial score (nSPS) is 18.1. The van der Waals surface area contributed by atoms with Crippen LogP contribution in [0.15, 0.2) is 30.5 Å². The summed E-state index contributed by atoms with van der Waals surface area (Å²) in [5.74, 6) is 0.521. The van der Waals surface area contributed by atoms with Crippen LogP contribution >= 0.6 is 0 Å². The van der Waals surface area contributed by atoms with Crippen molar-refractivity contribution in [1.82, 2.24) is 4.98 Å². The molecule has 1 N–H and O–H groups in total. The van der Waals surface area contributed by atoms with Crippen molar-refractivity contribution in [3.05, 3.63) is 57.3 Å². The number of hydrogen-bond donors (Lipinski definition) is 1. The van der Waals surface area contributed by atoms with Crippen LogP contribution < -0.4 is 14.4 Å². The molecule has 9 heteroatoms. The van der Waals surface area contributed by atoms with Gasteiger partial charge in [0.1, 0.15) is 5.82 Å². The van der Waals surface area contributed by atoms with Gasteiger partial charge in [-0.25, -0.2) is 9.78 Å². The fourth-order valence-electron chi connectivity index (χ4n) is 4.26. The van der Waals surface area contributed by atoms with E-state index in [9.17, 15) is 20.0 Å². The summed E-state index contributed by atoms with van der Waals surface area (Å²) in [5.41, 5.74) is 1.33. The fraction of sp³-hybridized carbons (Fsp3) is 0.455. The minimum absolute atomic E-state index is 0.196. The van der Waals surface area contributed by atoms with Gasteiger partial charge in [-0.3, -0.25) is 15.0 Å². The molecule has 0 saturated carbocycles. The van der Waals surface area contributed by atoms with Gasteiger partial charge in [0, 0.05) is 28.6 Å². The lowest BCUT2D eigenvalue weighted by molar-refractivity contribution is -0.526. The van der Waals surface area contributed by atoms with Crippen molar-refractivity contribution in [2.75, 3.05) is 19.1 Å². The van der Waals surface area contributed by atoms with Crippen LogP contribution in [0, 0.1) is 10.1 Å². The first-order chi connectivity index (χ1) is 14.6. The van der Waals surface area contributed by atoms with E-state index in [1.807, 2.05) is 6.07 Å². The number of methoxy groups -OCH3 is 2. The van der Waals surface area contributed by atoms with E-state index in [1.54, 1.807) is 39.0 Å². The molecule has 31 heavy (non-hydrogen) atoms. The molecular weight excluding hydrogens is 402 g/mol. The molecule has 2 aromatic rings. The number of benzene rings is 1. The van der Waals surface area contributed by atoms with Gasteiger partial charge in [0.25, 0.3) is 0 Å². The number of amides is 1. The molecule has 0 aliphatic heterocycles. The maximum absolute atomic E-state index is 12.1. The molecule has 1 amide bonds. The maximum Gasteiger partial charge on any atom is 0.413 e. The van der Waals surface area contributed by atoms with E-state index in [-0.39, 0.29) is 10.7 Å². The molecule has 3 rings (SSSR count). The summed E-state index contributed by atoms with van der Waals surface area (Å²) in [5, 5.41) is 22.0. The van der Waals surface area contributed by atoms with E-state index in [4.69, 9.17) is 9.47 Å². The highest BCUT2D eigenvalue weighted by Gasteiger charge is 2.43. The number of pyridine rings is 1. The predicted molar refractivity (Wildman–Crippen MR) is 115 cm³/mol. The van der Waals surface area contributed by atoms with E-state index in [0.717, 1.165) is 16.0 Å². The molecule has 1 aliphatic rings. The average Bonchev–Trinajstić information content (AvgIpc) is 2.70. The Morgan fingerprint density at radius 2 is 1.87 bits per heavy atom. The lowest BCUT2D eigenvalue weighted by Crippen LogP contribution is -2.47. The standard InChI is InChI=1S/C22H27N3O6/c1-22(2,3)24(21(26)27)20-14(7-6-10-23-20)19-15-12-18(31-5)17(30-4)11-13(15)8-9-16(19)25(28)29/h6-7,10-12,16,19H,8-9H2,1-5H3,(H,26,27). The van der Waals surface area contributed by atoms with Gasteiger partial charge in [0.05, 0.1) is 20.1 Å². The van der Waals surface area contributed by atoms with Crippen molar-refractivity contribution in [3.63, 3.8) is 0 Å². The summed E-state index contributed by atoms with van der Waals surface area (Å²) in [7, 11) is 3.05. The minimum atomic E-state index is -1.17. The molecule has 0 saturated heterocycles. The lowest BCUT2D eigenvalue weighted by Gasteiger charge is -2.36. The number of ether oxygens (including phenoxy) is 2. The first kappa shape index (κ1) is 22.3. The van der Waals surface area contributed by atoms with Gasteiger partial charge < -0.3 is 14.6 Å². The number of nitro groups is 1. The highest BCUT2D eigenvalue weighted by Crippen LogP contribution is 2.45. The molecule has 0 radical (unpaired) electrons. The number of fused-ring (bicyclic) bond motifs is 1. The van der Waals surface area contributed by atoms with Gasteiger partial charge >= 0.3 is 6.09 Å². The molecule has 1 aromatic heterocycles. The molecule has 166 valence electrons. The molecule has 0 bridgehead atoms. The van der Waals surface area contributed by atoms with E-state index in [1.165, 1.54) is 20.4 Å². The Balaban J connectivity index is 2.29. The van der Waals surface area contributed by atoms with Gasteiger partial charge in [-0.1, -0.05) is 6.07 Å². The summed E-state index contributed by atoms with van der Waals surface area (Å²) in [4.78, 5) is 29.4. The Morgan fingerprint density at radius 3 is 2.42 bits per heavy atom. The second-order valence-electron chi connectivity index (χ2n) is 8.48. The summed E-state index contributed by atoms with van der Waals surface area (Å²) in [6.45, 7) is 5.27. The molecule has 0 spiro atoms. The third-order valence-electron chi connectivity index (χ3n) is 5.57. The van der Waals surface area contributed by atoms with Gasteiger partial charge in [-0.15, -0.1) is 0 Å². The van der Waals surface area contributed by atoms with Crippen molar-refractivity contribution >= 4 is 11.9 Å². The van der Waals surface area contributed by atoms with Crippen LogP contribution in [0.3, 0.4) is 0 Å². The second-order valence-corrected chi connectivity index (χ2v) is 8.48. The van der Waals surface area contributed by atoms with Crippen LogP contribution in [0.4, 0.5) is 10.6 Å². The molecular formula is C22H27N3O6. The molecule has 2 unspecified atom stereocenters. The Kier molecular flexibility index (Phi) is 6.06. The summed E-state index contributed by atoms with van der Waals surface area (Å²) in [6.07, 6.45) is 1.15. The summed E-state index contributed by atoms with van der Waals surface area (Å²) in [6, 6.07) is 6.06. The third-order valence-corrected chi connectivity index (χ3v) is 5.57. The molecule has 0 fully saturated rings. The van der Waals surface area contributed by atoms with E-state index in [0.29, 0.717) is 29.9 Å².